The van der Waals surface area contributed by atoms with Gasteiger partial charge in [-0.05, 0) is 55.4 Å². The van der Waals surface area contributed by atoms with Gasteiger partial charge in [-0.1, -0.05) is 49.2 Å². The minimum atomic E-state index is 0.137. The number of amides is 1. The van der Waals surface area contributed by atoms with Gasteiger partial charge in [-0.3, -0.25) is 14.8 Å². The van der Waals surface area contributed by atoms with Gasteiger partial charge in [0.25, 0.3) is 0 Å². The molecule has 0 radical (unpaired) electrons. The molecule has 0 saturated carbocycles. The topological polar surface area (TPSA) is 58.1 Å². The molecule has 1 aromatic carbocycles. The maximum absolute atomic E-state index is 12.0. The number of rotatable bonds is 10. The highest BCUT2D eigenvalue weighted by Crippen LogP contribution is 2.32. The highest BCUT2D eigenvalue weighted by Gasteiger charge is 2.21. The van der Waals surface area contributed by atoms with Crippen molar-refractivity contribution in [2.75, 3.05) is 24.5 Å². The van der Waals surface area contributed by atoms with Gasteiger partial charge in [-0.15, -0.1) is 0 Å². The van der Waals surface area contributed by atoms with Crippen molar-refractivity contribution in [2.45, 2.75) is 44.9 Å². The third-order valence-electron chi connectivity index (χ3n) is 6.51. The Kier molecular flexibility index (Phi) is 8.45. The van der Waals surface area contributed by atoms with Gasteiger partial charge >= 0.3 is 0 Å². The van der Waals surface area contributed by atoms with Gasteiger partial charge in [0.1, 0.15) is 0 Å². The van der Waals surface area contributed by atoms with Crippen LogP contribution >= 0.6 is 0 Å². The number of benzene rings is 1. The second-order valence-corrected chi connectivity index (χ2v) is 8.87. The normalized spacial score (nSPS) is 14.2. The molecular weight excluding hydrogens is 408 g/mol. The van der Waals surface area contributed by atoms with Crippen LogP contribution in [0.25, 0.3) is 11.3 Å². The second kappa shape index (κ2) is 12.1. The zero-order valence-corrected chi connectivity index (χ0v) is 19.3. The molecule has 1 fully saturated rings. The monoisotopic (exact) mass is 442 g/mol. The van der Waals surface area contributed by atoms with Crippen LogP contribution in [-0.4, -0.2) is 35.5 Å². The molecule has 1 amide bonds. The molecule has 0 aliphatic carbocycles. The van der Waals surface area contributed by atoms with E-state index in [1.54, 1.807) is 6.20 Å². The van der Waals surface area contributed by atoms with E-state index < -0.39 is 0 Å². The van der Waals surface area contributed by atoms with Crippen molar-refractivity contribution >= 4 is 11.6 Å². The maximum Gasteiger partial charge on any atom is 0.220 e. The van der Waals surface area contributed by atoms with Crippen LogP contribution in [0.15, 0.2) is 73.2 Å². The Balaban J connectivity index is 1.14. The van der Waals surface area contributed by atoms with E-state index in [1.807, 2.05) is 36.7 Å². The number of carbonyl (C=O) groups excluding carboxylic acids is 1. The van der Waals surface area contributed by atoms with Crippen LogP contribution in [0.5, 0.6) is 0 Å². The van der Waals surface area contributed by atoms with E-state index in [1.165, 1.54) is 36.9 Å². The number of nitrogens with one attached hydrogen (secondary N) is 1. The summed E-state index contributed by atoms with van der Waals surface area (Å²) in [5, 5.41) is 3.07. The van der Waals surface area contributed by atoms with Crippen molar-refractivity contribution in [3.63, 3.8) is 0 Å². The van der Waals surface area contributed by atoms with Crippen LogP contribution in [0.1, 0.15) is 44.1 Å². The lowest BCUT2D eigenvalue weighted by atomic mass is 9.91. The fourth-order valence-corrected chi connectivity index (χ4v) is 4.61. The van der Waals surface area contributed by atoms with Crippen molar-refractivity contribution in [2.24, 2.45) is 5.92 Å². The molecule has 33 heavy (non-hydrogen) atoms. The molecule has 1 aliphatic heterocycles. The number of aromatic nitrogens is 2. The molecule has 2 aromatic heterocycles. The van der Waals surface area contributed by atoms with Crippen molar-refractivity contribution in [3.05, 3.63) is 78.8 Å². The van der Waals surface area contributed by atoms with Crippen LogP contribution in [0.2, 0.25) is 0 Å². The van der Waals surface area contributed by atoms with Gasteiger partial charge in [-0.2, -0.15) is 0 Å². The number of aryl methyl sites for hydroxylation is 1. The summed E-state index contributed by atoms with van der Waals surface area (Å²) < 4.78 is 0. The Bertz CT molecular complexity index is 985. The predicted octanol–water partition coefficient (Wildman–Crippen LogP) is 5.28. The summed E-state index contributed by atoms with van der Waals surface area (Å²) >= 11 is 0. The number of pyridine rings is 2. The number of carbonyl (C=O) groups is 1. The predicted molar refractivity (Wildman–Crippen MR) is 134 cm³/mol. The molecule has 3 aromatic rings. The van der Waals surface area contributed by atoms with Gasteiger partial charge < -0.3 is 10.2 Å². The summed E-state index contributed by atoms with van der Waals surface area (Å²) in [6, 6.07) is 18.6. The SMILES string of the molecule is O=C(CCc1cccnc1)NCCCCC1CCN(c2cccnc2-c2ccccc2)CC1. The first-order valence-electron chi connectivity index (χ1n) is 12.2. The summed E-state index contributed by atoms with van der Waals surface area (Å²) in [7, 11) is 0. The highest BCUT2D eigenvalue weighted by atomic mass is 16.1. The molecule has 172 valence electrons. The fourth-order valence-electron chi connectivity index (χ4n) is 4.61. The van der Waals surface area contributed by atoms with Gasteiger partial charge in [0, 0.05) is 50.2 Å². The van der Waals surface area contributed by atoms with E-state index in [0.29, 0.717) is 6.42 Å². The molecule has 3 heterocycles. The minimum Gasteiger partial charge on any atom is -0.370 e. The molecule has 0 unspecified atom stereocenters. The average Bonchev–Trinajstić information content (AvgIpc) is 2.89. The third kappa shape index (κ3) is 6.88. The van der Waals surface area contributed by atoms with E-state index in [2.05, 4.69) is 50.5 Å². The summed E-state index contributed by atoms with van der Waals surface area (Å²) in [4.78, 5) is 23.3. The van der Waals surface area contributed by atoms with Crippen molar-refractivity contribution in [1.82, 2.24) is 15.3 Å². The molecule has 1 aliphatic rings. The Hall–Kier alpha value is -3.21. The molecule has 5 heteroatoms. The molecule has 1 N–H and O–H groups in total. The number of unbranched alkanes of at least 4 members (excludes halogenated alkanes) is 1. The summed E-state index contributed by atoms with van der Waals surface area (Å²) in [6.07, 6.45) is 12.7. The van der Waals surface area contributed by atoms with Crippen LogP contribution in [0, 0.1) is 5.92 Å². The van der Waals surface area contributed by atoms with Crippen LogP contribution < -0.4 is 10.2 Å². The Morgan fingerprint density at radius 1 is 0.970 bits per heavy atom. The second-order valence-electron chi connectivity index (χ2n) is 8.87. The largest absolute Gasteiger partial charge is 0.370 e. The molecule has 4 rings (SSSR count). The number of hydrogen-bond donors (Lipinski definition) is 1. The van der Waals surface area contributed by atoms with E-state index in [-0.39, 0.29) is 5.91 Å². The van der Waals surface area contributed by atoms with E-state index in [9.17, 15) is 4.79 Å². The van der Waals surface area contributed by atoms with Crippen LogP contribution in [0.4, 0.5) is 5.69 Å². The van der Waals surface area contributed by atoms with Gasteiger partial charge in [0.2, 0.25) is 5.91 Å². The number of anilines is 1. The van der Waals surface area contributed by atoms with Crippen LogP contribution in [-0.2, 0) is 11.2 Å². The van der Waals surface area contributed by atoms with E-state index in [0.717, 1.165) is 49.7 Å². The van der Waals surface area contributed by atoms with Crippen molar-refractivity contribution in [3.8, 4) is 11.3 Å². The summed E-state index contributed by atoms with van der Waals surface area (Å²) in [5.41, 5.74) is 4.62. The average molecular weight is 443 g/mol. The quantitative estimate of drug-likeness (QED) is 0.434. The van der Waals surface area contributed by atoms with E-state index >= 15 is 0 Å². The number of hydrogen-bond acceptors (Lipinski definition) is 4. The van der Waals surface area contributed by atoms with Gasteiger partial charge in [-0.25, -0.2) is 0 Å². The molecule has 0 spiro atoms. The van der Waals surface area contributed by atoms with Crippen molar-refractivity contribution < 1.29 is 4.79 Å². The lowest BCUT2D eigenvalue weighted by molar-refractivity contribution is -0.121. The zero-order valence-electron chi connectivity index (χ0n) is 19.3. The number of nitrogens with zero attached hydrogens (tertiary/aromatic N) is 3. The van der Waals surface area contributed by atoms with Gasteiger partial charge in [0.15, 0.2) is 0 Å². The van der Waals surface area contributed by atoms with Crippen molar-refractivity contribution in [1.29, 1.82) is 0 Å². The first-order chi connectivity index (χ1) is 16.3. The summed E-state index contributed by atoms with van der Waals surface area (Å²) in [6.45, 7) is 2.95. The van der Waals surface area contributed by atoms with Crippen LogP contribution in [0.3, 0.4) is 0 Å². The summed E-state index contributed by atoms with van der Waals surface area (Å²) in [5.74, 6) is 0.914. The third-order valence-corrected chi connectivity index (χ3v) is 6.51. The first kappa shape index (κ1) is 23.0. The van der Waals surface area contributed by atoms with Gasteiger partial charge in [0.05, 0.1) is 11.4 Å². The minimum absolute atomic E-state index is 0.137. The standard InChI is InChI=1S/C28H34N4O/c33-27(14-13-24-9-6-17-29-22-24)30-18-5-4-8-23-15-20-32(21-16-23)26-12-7-19-31-28(26)25-10-2-1-3-11-25/h1-3,6-7,9-12,17,19,22-23H,4-5,8,13-16,18,20-21H2,(H,30,33). The fraction of sp³-hybridized carbons (Fsp3) is 0.393. The molecule has 1 saturated heterocycles. The number of piperidine rings is 1. The van der Waals surface area contributed by atoms with E-state index in [4.69, 9.17) is 0 Å². The lowest BCUT2D eigenvalue weighted by Gasteiger charge is -2.34. The molecule has 0 atom stereocenters. The first-order valence-corrected chi connectivity index (χ1v) is 12.2. The molecular formula is C28H34N4O. The molecule has 0 bridgehead atoms. The smallest absolute Gasteiger partial charge is 0.220 e. The Labute approximate surface area is 197 Å². The lowest BCUT2D eigenvalue weighted by Crippen LogP contribution is -2.34. The zero-order chi connectivity index (χ0) is 22.7. The highest BCUT2D eigenvalue weighted by molar-refractivity contribution is 5.76. The Morgan fingerprint density at radius 2 is 1.79 bits per heavy atom. The molecule has 5 nitrogen and oxygen atoms in total. The maximum atomic E-state index is 12.0. The Morgan fingerprint density at radius 3 is 2.58 bits per heavy atom.